The van der Waals surface area contributed by atoms with Gasteiger partial charge in [-0.25, -0.2) is 22.4 Å². The lowest BCUT2D eigenvalue weighted by atomic mass is 10.1. The summed E-state index contributed by atoms with van der Waals surface area (Å²) in [6.45, 7) is 4.57. The first-order chi connectivity index (χ1) is 19.1. The first-order valence-electron chi connectivity index (χ1n) is 12.6. The van der Waals surface area contributed by atoms with E-state index in [1.54, 1.807) is 9.80 Å². The number of piperazine rings is 1. The van der Waals surface area contributed by atoms with Crippen molar-refractivity contribution >= 4 is 5.69 Å². The molecule has 2 unspecified atom stereocenters. The second-order valence-electron chi connectivity index (χ2n) is 10.1. The molecule has 2 atom stereocenters. The molecule has 0 radical (unpaired) electrons. The highest BCUT2D eigenvalue weighted by Crippen LogP contribution is 2.32. The highest BCUT2D eigenvalue weighted by atomic mass is 19.4. The maximum absolute atomic E-state index is 16.0. The molecule has 0 amide bonds. The molecule has 224 valence electrons. The number of hydrogen-bond donors (Lipinski definition) is 1. The minimum Gasteiger partial charge on any atom is -0.455 e. The number of nitrogens with two attached hydrogens (primary N) is 1. The van der Waals surface area contributed by atoms with Gasteiger partial charge in [0, 0.05) is 44.3 Å². The van der Waals surface area contributed by atoms with Gasteiger partial charge in [-0.1, -0.05) is 0 Å². The van der Waals surface area contributed by atoms with Crippen molar-refractivity contribution in [2.75, 3.05) is 31.1 Å². The lowest BCUT2D eigenvalue weighted by Crippen LogP contribution is -2.52. The molecule has 2 aromatic heterocycles. The van der Waals surface area contributed by atoms with E-state index in [2.05, 4.69) is 0 Å². The van der Waals surface area contributed by atoms with Gasteiger partial charge in [0.15, 0.2) is 17.5 Å². The van der Waals surface area contributed by atoms with Gasteiger partial charge in [0.05, 0.1) is 12.2 Å². The van der Waals surface area contributed by atoms with E-state index in [1.165, 1.54) is 19.9 Å². The quantitative estimate of drug-likeness (QED) is 0.332. The van der Waals surface area contributed by atoms with Crippen molar-refractivity contribution in [2.45, 2.75) is 52.4 Å². The smallest absolute Gasteiger partial charge is 0.449 e. The van der Waals surface area contributed by atoms with Crippen molar-refractivity contribution in [3.8, 4) is 0 Å². The molecule has 8 nitrogen and oxygen atoms in total. The normalized spacial score (nSPS) is 16.3. The van der Waals surface area contributed by atoms with Crippen molar-refractivity contribution < 1.29 is 35.2 Å². The number of furan rings is 1. The van der Waals surface area contributed by atoms with Gasteiger partial charge in [-0.05, 0) is 44.5 Å². The zero-order chi connectivity index (χ0) is 30.4. The zero-order valence-corrected chi connectivity index (χ0v) is 22.4. The Morgan fingerprint density at radius 2 is 1.66 bits per heavy atom. The lowest BCUT2D eigenvalue weighted by Gasteiger charge is -2.36. The van der Waals surface area contributed by atoms with Gasteiger partial charge < -0.3 is 15.1 Å². The molecule has 2 N–H and O–H groups in total. The van der Waals surface area contributed by atoms with E-state index in [4.69, 9.17) is 10.2 Å². The van der Waals surface area contributed by atoms with E-state index in [1.807, 2.05) is 0 Å². The Morgan fingerprint density at radius 3 is 2.22 bits per heavy atom. The number of aryl methyl sites for hydroxylation is 1. The Balaban J connectivity index is 1.70. The zero-order valence-electron chi connectivity index (χ0n) is 22.4. The van der Waals surface area contributed by atoms with Crippen LogP contribution < -0.4 is 21.9 Å². The van der Waals surface area contributed by atoms with Crippen molar-refractivity contribution in [1.29, 1.82) is 0 Å². The van der Waals surface area contributed by atoms with Crippen LogP contribution in [0.1, 0.15) is 41.6 Å². The lowest BCUT2D eigenvalue weighted by molar-refractivity contribution is -0.153. The van der Waals surface area contributed by atoms with Crippen LogP contribution in [0.5, 0.6) is 0 Å². The van der Waals surface area contributed by atoms with Crippen LogP contribution in [-0.2, 0) is 19.3 Å². The summed E-state index contributed by atoms with van der Waals surface area (Å²) >= 11 is 0. The summed E-state index contributed by atoms with van der Waals surface area (Å²) in [5, 5.41) is 0. The topological polar surface area (TPSA) is 89.6 Å². The Labute approximate surface area is 229 Å². The van der Waals surface area contributed by atoms with Gasteiger partial charge in [-0.15, -0.1) is 0 Å². The summed E-state index contributed by atoms with van der Waals surface area (Å²) in [6.07, 6.45) is -7.23. The van der Waals surface area contributed by atoms with Crippen LogP contribution in [0.15, 0.2) is 32.2 Å². The fraction of sp³-hybridized carbons (Fsp3) is 0.462. The summed E-state index contributed by atoms with van der Waals surface area (Å²) < 4.78 is 103. The van der Waals surface area contributed by atoms with Gasteiger partial charge in [0.2, 0.25) is 12.1 Å². The van der Waals surface area contributed by atoms with E-state index in [0.717, 1.165) is 13.0 Å². The molecule has 4 rings (SSSR count). The van der Waals surface area contributed by atoms with Gasteiger partial charge in [-0.3, -0.25) is 18.8 Å². The molecule has 1 aromatic carbocycles. The molecular weight excluding hydrogens is 563 g/mol. The summed E-state index contributed by atoms with van der Waals surface area (Å²) in [4.78, 5) is 30.2. The first-order valence-corrected chi connectivity index (χ1v) is 12.6. The van der Waals surface area contributed by atoms with Crippen LogP contribution >= 0.6 is 0 Å². The van der Waals surface area contributed by atoms with E-state index in [0.29, 0.717) is 15.2 Å². The minimum absolute atomic E-state index is 0.0680. The van der Waals surface area contributed by atoms with Crippen LogP contribution in [0, 0.1) is 31.3 Å². The van der Waals surface area contributed by atoms with Gasteiger partial charge in [0.25, 0.3) is 5.56 Å². The highest BCUT2D eigenvalue weighted by Gasteiger charge is 2.35. The monoisotopic (exact) mass is 591 g/mol. The SMILES string of the molecule is Cc1cc(F)c(F)c(F)c1C(F)n1c(C)c(N2CCN(Cc3ccc(C(F)(F)F)o3)CC2)c(=O)n(CC(C)N)c1=O. The predicted octanol–water partition coefficient (Wildman–Crippen LogP) is 3.84. The molecule has 1 fully saturated rings. The second-order valence-corrected chi connectivity index (χ2v) is 10.1. The van der Waals surface area contributed by atoms with Crippen LogP contribution in [0.3, 0.4) is 0 Å². The Hall–Kier alpha value is -3.59. The molecule has 3 heterocycles. The predicted molar refractivity (Wildman–Crippen MR) is 135 cm³/mol. The first kappa shape index (κ1) is 30.4. The third kappa shape index (κ3) is 5.91. The molecule has 3 aromatic rings. The average molecular weight is 592 g/mol. The molecule has 1 aliphatic heterocycles. The van der Waals surface area contributed by atoms with Gasteiger partial charge >= 0.3 is 11.9 Å². The van der Waals surface area contributed by atoms with Crippen molar-refractivity contribution in [3.05, 3.63) is 84.8 Å². The highest BCUT2D eigenvalue weighted by molar-refractivity contribution is 5.50. The number of aromatic nitrogens is 2. The van der Waals surface area contributed by atoms with E-state index in [9.17, 15) is 35.9 Å². The van der Waals surface area contributed by atoms with E-state index < -0.39 is 58.5 Å². The molecule has 0 bridgehead atoms. The summed E-state index contributed by atoms with van der Waals surface area (Å²) in [7, 11) is 0. The Bertz CT molecular complexity index is 1550. The van der Waals surface area contributed by atoms with E-state index in [-0.39, 0.29) is 62.0 Å². The average Bonchev–Trinajstić information content (AvgIpc) is 3.35. The van der Waals surface area contributed by atoms with Crippen LogP contribution in [0.2, 0.25) is 0 Å². The van der Waals surface area contributed by atoms with Gasteiger partial charge in [0.1, 0.15) is 11.4 Å². The third-order valence-corrected chi connectivity index (χ3v) is 6.94. The number of nitrogens with zero attached hydrogens (tertiary/aromatic N) is 4. The van der Waals surface area contributed by atoms with Crippen molar-refractivity contribution in [1.82, 2.24) is 14.0 Å². The molecule has 1 saturated heterocycles. The van der Waals surface area contributed by atoms with Crippen molar-refractivity contribution in [3.63, 3.8) is 0 Å². The number of hydrogen-bond acceptors (Lipinski definition) is 6. The maximum Gasteiger partial charge on any atom is 0.449 e. The van der Waals surface area contributed by atoms with Gasteiger partial charge in [-0.2, -0.15) is 13.2 Å². The summed E-state index contributed by atoms with van der Waals surface area (Å²) in [6, 6.07) is 1.96. The van der Waals surface area contributed by atoms with Crippen LogP contribution in [-0.4, -0.2) is 46.3 Å². The molecular formula is C26H28F7N5O3. The molecule has 15 heteroatoms. The van der Waals surface area contributed by atoms with E-state index >= 15 is 4.39 Å². The largest absolute Gasteiger partial charge is 0.455 e. The Morgan fingerprint density at radius 1 is 1.02 bits per heavy atom. The minimum atomic E-state index is -4.62. The second kappa shape index (κ2) is 11.4. The molecule has 41 heavy (non-hydrogen) atoms. The Kier molecular flexibility index (Phi) is 8.41. The summed E-state index contributed by atoms with van der Waals surface area (Å²) in [5.41, 5.74) is 2.46. The third-order valence-electron chi connectivity index (χ3n) is 6.94. The number of alkyl halides is 4. The summed E-state index contributed by atoms with van der Waals surface area (Å²) in [5.74, 6) is -6.25. The molecule has 0 saturated carbocycles. The number of rotatable bonds is 7. The van der Waals surface area contributed by atoms with Crippen LogP contribution in [0.4, 0.5) is 36.4 Å². The number of benzene rings is 1. The van der Waals surface area contributed by atoms with Crippen LogP contribution in [0.25, 0.3) is 0 Å². The van der Waals surface area contributed by atoms with Crippen molar-refractivity contribution in [2.24, 2.45) is 5.73 Å². The number of halogens is 7. The fourth-order valence-electron chi connectivity index (χ4n) is 4.95. The molecule has 0 aliphatic carbocycles. The maximum atomic E-state index is 16.0. The number of anilines is 1. The fourth-order valence-corrected chi connectivity index (χ4v) is 4.95. The standard InChI is InChI=1S/C26H28F7N5O3/c1-13-10-17(27)20(28)21(29)19(13)23(30)38-15(3)22(24(39)37(25(38)40)11-14(2)34)36-8-6-35(7-9-36)12-16-4-5-18(41-16)26(31,32)33/h4-5,10,14,23H,6-9,11-12,34H2,1-3H3. The molecule has 0 spiro atoms. The molecule has 1 aliphatic rings.